The second-order valence-corrected chi connectivity index (χ2v) is 7.06. The number of aliphatic carboxylic acids is 1. The van der Waals surface area contributed by atoms with Crippen LogP contribution in [0.1, 0.15) is 50.0 Å². The second kappa shape index (κ2) is 4.21. The van der Waals surface area contributed by atoms with Crippen LogP contribution in [0.3, 0.4) is 0 Å². The van der Waals surface area contributed by atoms with E-state index in [1.165, 1.54) is 38.5 Å². The summed E-state index contributed by atoms with van der Waals surface area (Å²) in [6, 6.07) is 0. The van der Waals surface area contributed by atoms with Crippen LogP contribution >= 0.6 is 0 Å². The topological polar surface area (TPSA) is 66.0 Å². The van der Waals surface area contributed by atoms with Crippen molar-refractivity contribution in [3.8, 4) is 0 Å². The zero-order chi connectivity index (χ0) is 13.7. The molecule has 106 valence electrons. The fraction of sp³-hybridized carbons (Fsp3) is 0.625. The van der Waals surface area contributed by atoms with Gasteiger partial charge in [0.2, 0.25) is 0 Å². The molecule has 4 bridgehead atoms. The number of H-pyrrole nitrogens is 1. The average molecular weight is 272 g/mol. The number of hydrogen-bond donors (Lipinski definition) is 2. The Hall–Kier alpha value is -1.58. The molecule has 4 fully saturated rings. The molecule has 1 aromatic rings. The van der Waals surface area contributed by atoms with Gasteiger partial charge in [-0.1, -0.05) is 0 Å². The number of aromatic amines is 1. The molecule has 0 saturated heterocycles. The van der Waals surface area contributed by atoms with Crippen molar-refractivity contribution in [2.45, 2.75) is 43.9 Å². The first-order chi connectivity index (χ1) is 9.63. The predicted octanol–water partition coefficient (Wildman–Crippen LogP) is 2.98. The third kappa shape index (κ3) is 1.89. The fourth-order valence-corrected chi connectivity index (χ4v) is 5.25. The Bertz CT molecular complexity index is 538. The number of aromatic nitrogens is 2. The molecular formula is C16H20N2O2. The number of nitrogens with one attached hydrogen (secondary N) is 1. The SMILES string of the molecule is O=C(O)/C=C/c1cnc(C23CC4CC(CC(C4)C2)C3)[nH]1. The molecule has 1 heterocycles. The molecule has 4 heteroatoms. The Labute approximate surface area is 118 Å². The van der Waals surface area contributed by atoms with Gasteiger partial charge in [-0.25, -0.2) is 9.78 Å². The minimum atomic E-state index is -0.920. The molecule has 4 nitrogen and oxygen atoms in total. The van der Waals surface area contributed by atoms with Crippen molar-refractivity contribution in [3.63, 3.8) is 0 Å². The van der Waals surface area contributed by atoms with Crippen molar-refractivity contribution in [1.82, 2.24) is 9.97 Å². The van der Waals surface area contributed by atoms with Gasteiger partial charge in [-0.05, 0) is 62.4 Å². The van der Waals surface area contributed by atoms with Gasteiger partial charge in [-0.3, -0.25) is 0 Å². The zero-order valence-corrected chi connectivity index (χ0v) is 11.5. The van der Waals surface area contributed by atoms with Crippen LogP contribution in [-0.4, -0.2) is 21.0 Å². The van der Waals surface area contributed by atoms with Gasteiger partial charge in [0, 0.05) is 11.5 Å². The van der Waals surface area contributed by atoms with Crippen LogP contribution < -0.4 is 0 Å². The van der Waals surface area contributed by atoms with Crippen LogP contribution in [-0.2, 0) is 10.2 Å². The maximum absolute atomic E-state index is 10.6. The summed E-state index contributed by atoms with van der Waals surface area (Å²) >= 11 is 0. The summed E-state index contributed by atoms with van der Waals surface area (Å²) in [7, 11) is 0. The number of carboxylic acid groups (broad SMARTS) is 1. The molecule has 4 saturated carbocycles. The number of carboxylic acids is 1. The summed E-state index contributed by atoms with van der Waals surface area (Å²) in [6.07, 6.45) is 12.6. The summed E-state index contributed by atoms with van der Waals surface area (Å²) in [5.41, 5.74) is 1.06. The standard InChI is InChI=1S/C16H20N2O2/c19-14(20)2-1-13-9-17-15(18-13)16-6-10-3-11(7-16)5-12(4-10)8-16/h1-2,9-12H,3-8H2,(H,17,18)(H,19,20)/b2-1+. The van der Waals surface area contributed by atoms with E-state index in [0.717, 1.165) is 35.3 Å². The van der Waals surface area contributed by atoms with Gasteiger partial charge in [0.1, 0.15) is 5.82 Å². The lowest BCUT2D eigenvalue weighted by Crippen LogP contribution is -2.49. The number of carbonyl (C=O) groups is 1. The highest BCUT2D eigenvalue weighted by atomic mass is 16.4. The first kappa shape index (κ1) is 12.2. The van der Waals surface area contributed by atoms with Crippen LogP contribution in [0.25, 0.3) is 6.08 Å². The van der Waals surface area contributed by atoms with Gasteiger partial charge in [0.15, 0.2) is 0 Å². The predicted molar refractivity (Wildman–Crippen MR) is 75.1 cm³/mol. The molecule has 0 aromatic carbocycles. The van der Waals surface area contributed by atoms with E-state index in [2.05, 4.69) is 9.97 Å². The largest absolute Gasteiger partial charge is 0.478 e. The Balaban J connectivity index is 1.62. The molecule has 5 rings (SSSR count). The van der Waals surface area contributed by atoms with Crippen molar-refractivity contribution in [1.29, 1.82) is 0 Å². The minimum Gasteiger partial charge on any atom is -0.478 e. The van der Waals surface area contributed by atoms with Crippen LogP contribution in [0.15, 0.2) is 12.3 Å². The zero-order valence-electron chi connectivity index (χ0n) is 11.5. The van der Waals surface area contributed by atoms with Crippen molar-refractivity contribution < 1.29 is 9.90 Å². The first-order valence-corrected chi connectivity index (χ1v) is 7.59. The lowest BCUT2D eigenvalue weighted by Gasteiger charge is -2.55. The summed E-state index contributed by atoms with van der Waals surface area (Å²) in [5, 5.41) is 8.69. The quantitative estimate of drug-likeness (QED) is 0.831. The molecule has 4 aliphatic rings. The Morgan fingerprint density at radius 1 is 1.25 bits per heavy atom. The van der Waals surface area contributed by atoms with Gasteiger partial charge in [0.25, 0.3) is 0 Å². The Morgan fingerprint density at radius 3 is 2.40 bits per heavy atom. The molecule has 0 radical (unpaired) electrons. The van der Waals surface area contributed by atoms with E-state index in [1.807, 2.05) is 0 Å². The highest BCUT2D eigenvalue weighted by molar-refractivity contribution is 5.84. The highest BCUT2D eigenvalue weighted by Crippen LogP contribution is 2.60. The van der Waals surface area contributed by atoms with Crippen LogP contribution in [0.5, 0.6) is 0 Å². The molecule has 0 amide bonds. The van der Waals surface area contributed by atoms with Crippen molar-refractivity contribution in [3.05, 3.63) is 23.8 Å². The molecule has 2 N–H and O–H groups in total. The van der Waals surface area contributed by atoms with E-state index in [9.17, 15) is 4.79 Å². The first-order valence-electron chi connectivity index (χ1n) is 7.59. The number of nitrogens with zero attached hydrogens (tertiary/aromatic N) is 1. The maximum atomic E-state index is 10.6. The van der Waals surface area contributed by atoms with E-state index in [-0.39, 0.29) is 5.41 Å². The molecule has 0 spiro atoms. The molecule has 0 unspecified atom stereocenters. The lowest BCUT2D eigenvalue weighted by atomic mass is 9.49. The third-order valence-electron chi connectivity index (χ3n) is 5.54. The molecule has 20 heavy (non-hydrogen) atoms. The number of hydrogen-bond acceptors (Lipinski definition) is 2. The highest BCUT2D eigenvalue weighted by Gasteiger charge is 2.52. The van der Waals surface area contributed by atoms with Crippen LogP contribution in [0.4, 0.5) is 0 Å². The van der Waals surface area contributed by atoms with Crippen LogP contribution in [0, 0.1) is 17.8 Å². The third-order valence-corrected chi connectivity index (χ3v) is 5.54. The average Bonchev–Trinajstić information content (AvgIpc) is 2.84. The lowest BCUT2D eigenvalue weighted by molar-refractivity contribution is -0.131. The normalized spacial score (nSPS) is 38.7. The number of imidazole rings is 1. The van der Waals surface area contributed by atoms with Gasteiger partial charge >= 0.3 is 5.97 Å². The monoisotopic (exact) mass is 272 g/mol. The van der Waals surface area contributed by atoms with Gasteiger partial charge < -0.3 is 10.1 Å². The smallest absolute Gasteiger partial charge is 0.328 e. The summed E-state index contributed by atoms with van der Waals surface area (Å²) in [5.74, 6) is 2.86. The summed E-state index contributed by atoms with van der Waals surface area (Å²) in [4.78, 5) is 18.5. The van der Waals surface area contributed by atoms with Gasteiger partial charge in [0.05, 0.1) is 11.9 Å². The minimum absolute atomic E-state index is 0.254. The molecule has 0 atom stereocenters. The molecule has 1 aromatic heterocycles. The maximum Gasteiger partial charge on any atom is 0.328 e. The van der Waals surface area contributed by atoms with E-state index in [1.54, 1.807) is 12.3 Å². The molecular weight excluding hydrogens is 252 g/mol. The molecule has 4 aliphatic carbocycles. The van der Waals surface area contributed by atoms with E-state index in [4.69, 9.17) is 5.11 Å². The number of rotatable bonds is 3. The van der Waals surface area contributed by atoms with E-state index in [0.29, 0.717) is 0 Å². The fourth-order valence-electron chi connectivity index (χ4n) is 5.25. The van der Waals surface area contributed by atoms with Crippen molar-refractivity contribution in [2.75, 3.05) is 0 Å². The van der Waals surface area contributed by atoms with Crippen molar-refractivity contribution >= 4 is 12.0 Å². The Kier molecular flexibility index (Phi) is 2.56. The van der Waals surface area contributed by atoms with Gasteiger partial charge in [-0.2, -0.15) is 0 Å². The van der Waals surface area contributed by atoms with E-state index >= 15 is 0 Å². The second-order valence-electron chi connectivity index (χ2n) is 7.06. The Morgan fingerprint density at radius 2 is 1.85 bits per heavy atom. The van der Waals surface area contributed by atoms with Crippen molar-refractivity contribution in [2.24, 2.45) is 17.8 Å². The van der Waals surface area contributed by atoms with Gasteiger partial charge in [-0.15, -0.1) is 0 Å². The molecule has 0 aliphatic heterocycles. The summed E-state index contributed by atoms with van der Waals surface area (Å²) in [6.45, 7) is 0. The summed E-state index contributed by atoms with van der Waals surface area (Å²) < 4.78 is 0. The van der Waals surface area contributed by atoms with Crippen LogP contribution in [0.2, 0.25) is 0 Å². The van der Waals surface area contributed by atoms with E-state index < -0.39 is 5.97 Å².